The number of nitrogens with two attached hydrogens (primary N) is 2. The Morgan fingerprint density at radius 2 is 2.12 bits per heavy atom. The van der Waals surface area contributed by atoms with Gasteiger partial charge in [-0.1, -0.05) is 0 Å². The molecule has 0 atom stereocenters. The molecule has 0 radical (unpaired) electrons. The molecule has 17 heavy (non-hydrogen) atoms. The Labute approximate surface area is 95.8 Å². The van der Waals surface area contributed by atoms with Gasteiger partial charge in [0.15, 0.2) is 11.5 Å². The van der Waals surface area contributed by atoms with Gasteiger partial charge in [0.1, 0.15) is 0 Å². The maximum atomic E-state index is 5.52. The van der Waals surface area contributed by atoms with E-state index in [2.05, 4.69) is 20.5 Å². The van der Waals surface area contributed by atoms with Crippen LogP contribution < -0.4 is 17.1 Å². The van der Waals surface area contributed by atoms with Crippen LogP contribution in [0.1, 0.15) is 0 Å². The van der Waals surface area contributed by atoms with E-state index in [0.29, 0.717) is 11.5 Å². The van der Waals surface area contributed by atoms with E-state index >= 15 is 0 Å². The first-order valence-electron chi connectivity index (χ1n) is 4.88. The molecule has 0 fully saturated rings. The van der Waals surface area contributed by atoms with Crippen molar-refractivity contribution in [3.8, 4) is 11.3 Å². The molecule has 0 aromatic carbocycles. The standard InChI is InChI=1S/C9H10N8/c10-15-8-9-13-4-7(16(9)2-1-12-8)6-3-14-17(11)5-6/h1-5H,10-11H2,(H,12,15). The van der Waals surface area contributed by atoms with Gasteiger partial charge < -0.3 is 11.3 Å². The highest BCUT2D eigenvalue weighted by molar-refractivity contribution is 5.69. The number of imidazole rings is 1. The first kappa shape index (κ1) is 9.60. The van der Waals surface area contributed by atoms with Gasteiger partial charge in [-0.05, 0) is 0 Å². The van der Waals surface area contributed by atoms with Gasteiger partial charge in [-0.15, -0.1) is 0 Å². The third-order valence-electron chi connectivity index (χ3n) is 2.46. The lowest BCUT2D eigenvalue weighted by atomic mass is 10.3. The number of fused-ring (bicyclic) bond motifs is 1. The molecular weight excluding hydrogens is 220 g/mol. The second-order valence-electron chi connectivity index (χ2n) is 3.47. The molecule has 8 nitrogen and oxygen atoms in total. The number of hydrazine groups is 1. The van der Waals surface area contributed by atoms with E-state index in [1.807, 2.05) is 4.40 Å². The average molecular weight is 230 g/mol. The van der Waals surface area contributed by atoms with Gasteiger partial charge in [-0.2, -0.15) is 9.89 Å². The Hall–Kier alpha value is -2.61. The smallest absolute Gasteiger partial charge is 0.184 e. The fourth-order valence-corrected chi connectivity index (χ4v) is 1.70. The summed E-state index contributed by atoms with van der Waals surface area (Å²) < 4.78 is 1.86. The van der Waals surface area contributed by atoms with Crippen LogP contribution in [0.15, 0.2) is 31.0 Å². The Morgan fingerprint density at radius 1 is 1.24 bits per heavy atom. The molecule has 8 heteroatoms. The molecule has 0 amide bonds. The van der Waals surface area contributed by atoms with Crippen molar-refractivity contribution in [2.24, 2.45) is 5.84 Å². The van der Waals surface area contributed by atoms with Crippen molar-refractivity contribution in [1.29, 1.82) is 0 Å². The highest BCUT2D eigenvalue weighted by Crippen LogP contribution is 2.21. The van der Waals surface area contributed by atoms with E-state index < -0.39 is 0 Å². The molecule has 3 aromatic rings. The van der Waals surface area contributed by atoms with Crippen molar-refractivity contribution in [3.63, 3.8) is 0 Å². The minimum absolute atomic E-state index is 0.513. The van der Waals surface area contributed by atoms with Crippen LogP contribution in [0.4, 0.5) is 5.82 Å². The average Bonchev–Trinajstić information content (AvgIpc) is 2.94. The third-order valence-corrected chi connectivity index (χ3v) is 2.46. The molecule has 0 spiro atoms. The quantitative estimate of drug-likeness (QED) is 0.407. The van der Waals surface area contributed by atoms with E-state index in [1.54, 1.807) is 31.0 Å². The summed E-state index contributed by atoms with van der Waals surface area (Å²) in [6, 6.07) is 0. The number of hydrogen-bond acceptors (Lipinski definition) is 6. The molecule has 0 aliphatic carbocycles. The Kier molecular flexibility index (Phi) is 1.95. The summed E-state index contributed by atoms with van der Waals surface area (Å²) >= 11 is 0. The fraction of sp³-hybridized carbons (Fsp3) is 0. The highest BCUT2D eigenvalue weighted by Gasteiger charge is 2.10. The van der Waals surface area contributed by atoms with Crippen LogP contribution in [-0.4, -0.2) is 24.3 Å². The molecule has 0 aliphatic heterocycles. The number of aromatic nitrogens is 5. The van der Waals surface area contributed by atoms with Gasteiger partial charge in [0.25, 0.3) is 0 Å². The van der Waals surface area contributed by atoms with Crippen molar-refractivity contribution >= 4 is 11.5 Å². The Bertz CT molecular complexity index is 666. The van der Waals surface area contributed by atoms with E-state index in [9.17, 15) is 0 Å². The summed E-state index contributed by atoms with van der Waals surface area (Å²) in [5, 5.41) is 3.92. The molecule has 5 N–H and O–H groups in total. The van der Waals surface area contributed by atoms with Crippen molar-refractivity contribution in [1.82, 2.24) is 24.3 Å². The Balaban J connectivity index is 2.25. The second kappa shape index (κ2) is 3.46. The Morgan fingerprint density at radius 3 is 2.82 bits per heavy atom. The number of nitrogens with one attached hydrogen (secondary N) is 1. The minimum Gasteiger partial charge on any atom is -0.323 e. The molecule has 0 unspecified atom stereocenters. The summed E-state index contributed by atoms with van der Waals surface area (Å²) in [5.41, 5.74) is 4.89. The lowest BCUT2D eigenvalue weighted by Gasteiger charge is -2.02. The van der Waals surface area contributed by atoms with Crippen LogP contribution in [0.3, 0.4) is 0 Å². The van der Waals surface area contributed by atoms with Gasteiger partial charge in [0, 0.05) is 18.0 Å². The highest BCUT2D eigenvalue weighted by atomic mass is 15.5. The van der Waals surface area contributed by atoms with Gasteiger partial charge in [0.2, 0.25) is 0 Å². The van der Waals surface area contributed by atoms with Crippen molar-refractivity contribution in [2.45, 2.75) is 0 Å². The van der Waals surface area contributed by atoms with Crippen LogP contribution in [0, 0.1) is 0 Å². The number of anilines is 1. The first-order chi connectivity index (χ1) is 8.29. The molecule has 86 valence electrons. The van der Waals surface area contributed by atoms with Crippen LogP contribution >= 0.6 is 0 Å². The number of nitrogens with zero attached hydrogens (tertiary/aromatic N) is 5. The topological polar surface area (TPSA) is 112 Å². The van der Waals surface area contributed by atoms with Crippen LogP contribution in [0.2, 0.25) is 0 Å². The van der Waals surface area contributed by atoms with E-state index in [4.69, 9.17) is 11.7 Å². The van der Waals surface area contributed by atoms with Gasteiger partial charge in [0.05, 0.1) is 24.3 Å². The molecule has 0 saturated heterocycles. The SMILES string of the molecule is NNc1nccn2c(-c3cnn(N)c3)cnc12. The van der Waals surface area contributed by atoms with Gasteiger partial charge in [-0.3, -0.25) is 4.40 Å². The predicted octanol–water partition coefficient (Wildman–Crippen LogP) is -0.408. The van der Waals surface area contributed by atoms with Crippen LogP contribution in [-0.2, 0) is 0 Å². The largest absolute Gasteiger partial charge is 0.323 e. The van der Waals surface area contributed by atoms with Crippen LogP contribution in [0.5, 0.6) is 0 Å². The first-order valence-corrected chi connectivity index (χ1v) is 4.88. The summed E-state index contributed by atoms with van der Waals surface area (Å²) in [6.45, 7) is 0. The second-order valence-corrected chi connectivity index (χ2v) is 3.47. The maximum Gasteiger partial charge on any atom is 0.184 e. The number of rotatable bonds is 2. The lowest BCUT2D eigenvalue weighted by Crippen LogP contribution is -2.10. The van der Waals surface area contributed by atoms with Crippen molar-refractivity contribution in [3.05, 3.63) is 31.0 Å². The zero-order valence-corrected chi connectivity index (χ0v) is 8.78. The van der Waals surface area contributed by atoms with Crippen molar-refractivity contribution in [2.75, 3.05) is 11.3 Å². The molecule has 0 saturated carbocycles. The molecular formula is C9H10N8. The molecule has 0 bridgehead atoms. The maximum absolute atomic E-state index is 5.52. The van der Waals surface area contributed by atoms with Gasteiger partial charge in [-0.25, -0.2) is 15.8 Å². The predicted molar refractivity (Wildman–Crippen MR) is 62.2 cm³/mol. The monoisotopic (exact) mass is 230 g/mol. The molecule has 3 aromatic heterocycles. The molecule has 3 rings (SSSR count). The summed E-state index contributed by atoms with van der Waals surface area (Å²) in [7, 11) is 0. The zero-order chi connectivity index (χ0) is 11.8. The number of hydrogen-bond donors (Lipinski definition) is 3. The van der Waals surface area contributed by atoms with Crippen molar-refractivity contribution < 1.29 is 0 Å². The minimum atomic E-state index is 0.513. The van der Waals surface area contributed by atoms with E-state index in [-0.39, 0.29) is 0 Å². The third kappa shape index (κ3) is 1.39. The van der Waals surface area contributed by atoms with E-state index in [1.165, 1.54) is 4.79 Å². The zero-order valence-electron chi connectivity index (χ0n) is 8.78. The van der Waals surface area contributed by atoms with E-state index in [0.717, 1.165) is 11.3 Å². The summed E-state index contributed by atoms with van der Waals surface area (Å²) in [6.07, 6.45) is 8.53. The van der Waals surface area contributed by atoms with Gasteiger partial charge >= 0.3 is 0 Å². The molecule has 0 aliphatic rings. The normalized spacial score (nSPS) is 10.9. The fourth-order valence-electron chi connectivity index (χ4n) is 1.70. The van der Waals surface area contributed by atoms with Crippen LogP contribution in [0.25, 0.3) is 16.9 Å². The molecule has 3 heterocycles. The number of nitrogen functional groups attached to an aromatic ring is 2. The summed E-state index contributed by atoms with van der Waals surface area (Å²) in [5.74, 6) is 11.4. The lowest BCUT2D eigenvalue weighted by molar-refractivity contribution is 0.832. The summed E-state index contributed by atoms with van der Waals surface area (Å²) in [4.78, 5) is 9.58.